The lowest BCUT2D eigenvalue weighted by Gasteiger charge is -2.28. The third-order valence-corrected chi connectivity index (χ3v) is 5.93. The molecule has 3 atom stereocenters. The van der Waals surface area contributed by atoms with E-state index in [1.807, 2.05) is 23.3 Å². The third-order valence-electron chi connectivity index (χ3n) is 4.91. The van der Waals surface area contributed by atoms with Crippen molar-refractivity contribution in [2.45, 2.75) is 50.2 Å². The lowest BCUT2D eigenvalue weighted by Crippen LogP contribution is -3.00. The Kier molecular flexibility index (Phi) is 7.75. The Labute approximate surface area is 184 Å². The number of carbonyl (C=O) groups is 4. The molecule has 0 saturated carbocycles. The minimum Gasteiger partial charge on any atom is -1.00 e. The van der Waals surface area contributed by atoms with E-state index in [9.17, 15) is 19.2 Å². The molecule has 9 nitrogen and oxygen atoms in total. The molecule has 2 saturated heterocycles. The van der Waals surface area contributed by atoms with Crippen LogP contribution in [-0.4, -0.2) is 53.2 Å². The summed E-state index contributed by atoms with van der Waals surface area (Å²) in [7, 11) is 1.88. The number of hydrogen-bond acceptors (Lipinski definition) is 5. The van der Waals surface area contributed by atoms with Crippen molar-refractivity contribution in [1.82, 2.24) is 15.5 Å². The maximum Gasteiger partial charge on any atom is 0.246 e. The van der Waals surface area contributed by atoms with E-state index in [-0.39, 0.29) is 41.7 Å². The fraction of sp³-hybridized carbons (Fsp3) is 0.588. The van der Waals surface area contributed by atoms with Crippen molar-refractivity contribution in [2.24, 2.45) is 12.8 Å². The number of amides is 4. The van der Waals surface area contributed by atoms with Crippen LogP contribution in [0.25, 0.3) is 0 Å². The third kappa shape index (κ3) is 5.19. The summed E-state index contributed by atoms with van der Waals surface area (Å²) >= 11 is 1.48. The molecule has 0 aromatic carbocycles. The lowest BCUT2D eigenvalue weighted by atomic mass is 10.1. The number of halogens is 1. The molecular weight excluding hydrogens is 497 g/mol. The predicted octanol–water partition coefficient (Wildman–Crippen LogP) is -4.64. The van der Waals surface area contributed by atoms with Crippen LogP contribution in [0.15, 0.2) is 11.7 Å². The number of aryl methyl sites for hydroxylation is 1. The number of nitrogens with one attached hydrogen (secondary N) is 2. The molecule has 2 aliphatic rings. The summed E-state index contributed by atoms with van der Waals surface area (Å²) in [6, 6.07) is -2.08. The first kappa shape index (κ1) is 22.5. The van der Waals surface area contributed by atoms with Crippen molar-refractivity contribution in [3.63, 3.8) is 0 Å². The number of hydrogen-bond donors (Lipinski definition) is 3. The molecule has 0 radical (unpaired) electrons. The molecule has 1 aromatic heterocycles. The molecule has 3 heterocycles. The standard InChI is InChI=1S/C17H23N5O4S.HI/c1-21-8-10(27-9-21)7-12(20-16(25)11-4-5-14(23)19-11)17(26)22-6-2-3-13(22)15(18)24;/h8-9,11-13H,2-7H2,1H3,(H3-,18,19,20,23,24,25);1H/t11-,12?,13-;/m0./s1. The summed E-state index contributed by atoms with van der Waals surface area (Å²) < 4.78 is 1.88. The van der Waals surface area contributed by atoms with Crippen molar-refractivity contribution >= 4 is 35.0 Å². The van der Waals surface area contributed by atoms with Gasteiger partial charge in [0, 0.05) is 19.4 Å². The van der Waals surface area contributed by atoms with Gasteiger partial charge in [-0.25, -0.2) is 0 Å². The van der Waals surface area contributed by atoms with Crippen LogP contribution in [0.5, 0.6) is 0 Å². The van der Waals surface area contributed by atoms with Crippen LogP contribution in [0.4, 0.5) is 0 Å². The van der Waals surface area contributed by atoms with E-state index in [4.69, 9.17) is 5.73 Å². The zero-order valence-corrected chi connectivity index (χ0v) is 18.5. The zero-order valence-electron chi connectivity index (χ0n) is 15.5. The first-order chi connectivity index (χ1) is 12.8. The second kappa shape index (κ2) is 9.63. The monoisotopic (exact) mass is 521 g/mol. The van der Waals surface area contributed by atoms with E-state index in [1.165, 1.54) is 16.2 Å². The highest BCUT2D eigenvalue weighted by atomic mass is 127. The molecule has 0 spiro atoms. The van der Waals surface area contributed by atoms with Gasteiger partial charge in [0.05, 0.1) is 4.88 Å². The second-order valence-electron chi connectivity index (χ2n) is 7.00. The lowest BCUT2D eigenvalue weighted by molar-refractivity contribution is -0.666. The summed E-state index contributed by atoms with van der Waals surface area (Å²) in [6.07, 6.45) is 4.16. The average molecular weight is 521 g/mol. The maximum atomic E-state index is 13.1. The Morgan fingerprint density at radius 2 is 2.18 bits per heavy atom. The molecule has 1 unspecified atom stereocenters. The first-order valence-corrected chi connectivity index (χ1v) is 9.85. The summed E-state index contributed by atoms with van der Waals surface area (Å²) in [4.78, 5) is 51.1. The molecular formula is C17H24IN5O4S. The van der Waals surface area contributed by atoms with Crippen LogP contribution < -0.4 is 44.9 Å². The first-order valence-electron chi connectivity index (χ1n) is 8.97. The van der Waals surface area contributed by atoms with Gasteiger partial charge in [0.2, 0.25) is 29.1 Å². The smallest absolute Gasteiger partial charge is 0.246 e. The van der Waals surface area contributed by atoms with Crippen LogP contribution >= 0.6 is 11.3 Å². The fourth-order valence-corrected chi connectivity index (χ4v) is 4.40. The van der Waals surface area contributed by atoms with E-state index >= 15 is 0 Å². The van der Waals surface area contributed by atoms with E-state index < -0.39 is 24.0 Å². The van der Waals surface area contributed by atoms with Gasteiger partial charge in [0.15, 0.2) is 6.20 Å². The minimum absolute atomic E-state index is 0. The molecule has 11 heteroatoms. The van der Waals surface area contributed by atoms with Crippen molar-refractivity contribution in [1.29, 1.82) is 0 Å². The Morgan fingerprint density at radius 3 is 2.75 bits per heavy atom. The topological polar surface area (TPSA) is 125 Å². The molecule has 2 aliphatic heterocycles. The normalized spacial score (nSPS) is 22.3. The largest absolute Gasteiger partial charge is 1.00 e. The van der Waals surface area contributed by atoms with Gasteiger partial charge >= 0.3 is 0 Å². The van der Waals surface area contributed by atoms with Gasteiger partial charge in [0.25, 0.3) is 0 Å². The highest BCUT2D eigenvalue weighted by Gasteiger charge is 2.38. The molecule has 154 valence electrons. The van der Waals surface area contributed by atoms with Crippen LogP contribution in [-0.2, 0) is 32.6 Å². The van der Waals surface area contributed by atoms with Gasteiger partial charge in [0.1, 0.15) is 25.2 Å². The van der Waals surface area contributed by atoms with Crippen molar-refractivity contribution < 1.29 is 47.7 Å². The molecule has 1 aromatic rings. The van der Waals surface area contributed by atoms with Gasteiger partial charge < -0.3 is 45.2 Å². The Morgan fingerprint density at radius 1 is 1.43 bits per heavy atom. The van der Waals surface area contributed by atoms with Gasteiger partial charge in [-0.1, -0.05) is 11.3 Å². The van der Waals surface area contributed by atoms with Crippen LogP contribution in [0, 0.1) is 0 Å². The number of thiazole rings is 1. The average Bonchev–Trinajstić information content (AvgIpc) is 3.34. The number of nitrogens with two attached hydrogens (primary N) is 1. The summed E-state index contributed by atoms with van der Waals surface area (Å²) in [5.41, 5.74) is 7.33. The summed E-state index contributed by atoms with van der Waals surface area (Å²) in [5, 5.41) is 5.38. The predicted molar refractivity (Wildman–Crippen MR) is 96.2 cm³/mol. The van der Waals surface area contributed by atoms with E-state index in [2.05, 4.69) is 10.6 Å². The second-order valence-corrected chi connectivity index (χ2v) is 7.97. The number of primary amides is 1. The van der Waals surface area contributed by atoms with Crippen LogP contribution in [0.2, 0.25) is 0 Å². The van der Waals surface area contributed by atoms with Crippen LogP contribution in [0.3, 0.4) is 0 Å². The minimum atomic E-state index is -0.811. The molecule has 4 N–H and O–H groups in total. The number of nitrogens with zero attached hydrogens (tertiary/aromatic N) is 2. The number of carbonyl (C=O) groups excluding carboxylic acids is 4. The van der Waals surface area contributed by atoms with Gasteiger partial charge in [-0.2, -0.15) is 4.57 Å². The zero-order chi connectivity index (χ0) is 19.6. The molecule has 3 rings (SSSR count). The molecule has 4 amide bonds. The number of rotatable bonds is 6. The number of likely N-dealkylation sites (tertiary alicyclic amines) is 1. The Hall–Kier alpha value is -1.76. The van der Waals surface area contributed by atoms with E-state index in [1.54, 1.807) is 0 Å². The van der Waals surface area contributed by atoms with Crippen molar-refractivity contribution in [3.05, 3.63) is 16.6 Å². The van der Waals surface area contributed by atoms with Crippen molar-refractivity contribution in [2.75, 3.05) is 6.54 Å². The molecule has 2 fully saturated rings. The summed E-state index contributed by atoms with van der Waals surface area (Å²) in [5.74, 6) is -1.40. The SMILES string of the molecule is C[n+]1csc(CC(NC(=O)[C@@H]2CCC(=O)N2)C(=O)N2CCC[C@H]2C(N)=O)c1.[I-]. The highest BCUT2D eigenvalue weighted by Crippen LogP contribution is 2.20. The quantitative estimate of drug-likeness (QED) is 0.257. The Balaban J connectivity index is 0.00000280. The highest BCUT2D eigenvalue weighted by molar-refractivity contribution is 7.09. The summed E-state index contributed by atoms with van der Waals surface area (Å²) in [6.45, 7) is 0.442. The van der Waals surface area contributed by atoms with E-state index in [0.29, 0.717) is 38.6 Å². The molecule has 0 bridgehead atoms. The van der Waals surface area contributed by atoms with Crippen LogP contribution in [0.1, 0.15) is 30.6 Å². The van der Waals surface area contributed by atoms with Gasteiger partial charge in [-0.3, -0.25) is 19.2 Å². The fourth-order valence-electron chi connectivity index (χ4n) is 3.55. The molecule has 28 heavy (non-hydrogen) atoms. The van der Waals surface area contributed by atoms with E-state index in [0.717, 1.165) is 4.88 Å². The van der Waals surface area contributed by atoms with Gasteiger partial charge in [-0.15, -0.1) is 0 Å². The van der Waals surface area contributed by atoms with Gasteiger partial charge in [-0.05, 0) is 19.3 Å². The molecule has 0 aliphatic carbocycles. The van der Waals surface area contributed by atoms with Crippen molar-refractivity contribution in [3.8, 4) is 0 Å². The number of aromatic nitrogens is 1. The maximum absolute atomic E-state index is 13.1. The Bertz CT molecular complexity index is 770.